The SMILES string of the molecule is CCCN1CCOC(C(Cc2cccnc2N)NCC)C1. The molecule has 0 aromatic carbocycles. The number of anilines is 1. The summed E-state index contributed by atoms with van der Waals surface area (Å²) in [6, 6.07) is 4.28. The van der Waals surface area contributed by atoms with Gasteiger partial charge in [0.25, 0.3) is 0 Å². The molecule has 1 aromatic heterocycles. The van der Waals surface area contributed by atoms with Crippen molar-refractivity contribution < 1.29 is 4.74 Å². The third kappa shape index (κ3) is 4.66. The van der Waals surface area contributed by atoms with Crippen molar-refractivity contribution in [2.75, 3.05) is 38.5 Å². The van der Waals surface area contributed by atoms with Gasteiger partial charge in [0.05, 0.1) is 12.7 Å². The number of ether oxygens (including phenoxy) is 1. The van der Waals surface area contributed by atoms with Crippen LogP contribution in [0.4, 0.5) is 5.82 Å². The highest BCUT2D eigenvalue weighted by atomic mass is 16.5. The average molecular weight is 292 g/mol. The maximum atomic E-state index is 6.02. The van der Waals surface area contributed by atoms with Crippen LogP contribution in [0.5, 0.6) is 0 Å². The number of hydrogen-bond acceptors (Lipinski definition) is 5. The van der Waals surface area contributed by atoms with Gasteiger partial charge in [0.15, 0.2) is 0 Å². The fourth-order valence-corrected chi connectivity index (χ4v) is 2.95. The largest absolute Gasteiger partial charge is 0.383 e. The molecule has 118 valence electrons. The van der Waals surface area contributed by atoms with E-state index < -0.39 is 0 Å². The van der Waals surface area contributed by atoms with Crippen molar-refractivity contribution in [2.24, 2.45) is 0 Å². The Morgan fingerprint density at radius 3 is 3.10 bits per heavy atom. The third-order valence-electron chi connectivity index (χ3n) is 4.00. The summed E-state index contributed by atoms with van der Waals surface area (Å²) in [5.41, 5.74) is 7.08. The van der Waals surface area contributed by atoms with Gasteiger partial charge in [-0.25, -0.2) is 4.98 Å². The first kappa shape index (κ1) is 16.2. The lowest BCUT2D eigenvalue weighted by Crippen LogP contribution is -2.53. The van der Waals surface area contributed by atoms with Gasteiger partial charge in [0.1, 0.15) is 5.82 Å². The maximum absolute atomic E-state index is 6.02. The second-order valence-electron chi connectivity index (χ2n) is 5.63. The van der Waals surface area contributed by atoms with Gasteiger partial charge >= 0.3 is 0 Å². The second-order valence-corrected chi connectivity index (χ2v) is 5.63. The van der Waals surface area contributed by atoms with Crippen LogP contribution >= 0.6 is 0 Å². The molecule has 0 bridgehead atoms. The van der Waals surface area contributed by atoms with Crippen LogP contribution in [0.2, 0.25) is 0 Å². The summed E-state index contributed by atoms with van der Waals surface area (Å²) in [5.74, 6) is 0.627. The van der Waals surface area contributed by atoms with Gasteiger partial charge in [-0.05, 0) is 37.6 Å². The highest BCUT2D eigenvalue weighted by Gasteiger charge is 2.28. The van der Waals surface area contributed by atoms with Crippen molar-refractivity contribution in [3.63, 3.8) is 0 Å². The Hall–Kier alpha value is -1.17. The molecule has 2 unspecified atom stereocenters. The highest BCUT2D eigenvalue weighted by molar-refractivity contribution is 5.39. The number of pyridine rings is 1. The number of nitrogens with one attached hydrogen (secondary N) is 1. The summed E-state index contributed by atoms with van der Waals surface area (Å²) in [6.07, 6.45) is 4.00. The van der Waals surface area contributed by atoms with E-state index in [-0.39, 0.29) is 12.1 Å². The lowest BCUT2D eigenvalue weighted by atomic mass is 10.00. The van der Waals surface area contributed by atoms with Gasteiger partial charge in [-0.15, -0.1) is 0 Å². The highest BCUT2D eigenvalue weighted by Crippen LogP contribution is 2.16. The summed E-state index contributed by atoms with van der Waals surface area (Å²) >= 11 is 0. The van der Waals surface area contributed by atoms with Crippen molar-refractivity contribution in [1.82, 2.24) is 15.2 Å². The van der Waals surface area contributed by atoms with Gasteiger partial charge in [-0.3, -0.25) is 4.90 Å². The predicted octanol–water partition coefficient (Wildman–Crippen LogP) is 1.30. The monoisotopic (exact) mass is 292 g/mol. The van der Waals surface area contributed by atoms with Crippen LogP contribution in [0.25, 0.3) is 0 Å². The standard InChI is InChI=1S/C16H28N4O/c1-3-8-20-9-10-21-15(12-20)14(18-4-2)11-13-6-5-7-19-16(13)17/h5-7,14-15,18H,3-4,8-12H2,1-2H3,(H2,17,19). The Balaban J connectivity index is 2.02. The zero-order valence-corrected chi connectivity index (χ0v) is 13.2. The Bertz CT molecular complexity index is 424. The first-order valence-corrected chi connectivity index (χ1v) is 8.01. The van der Waals surface area contributed by atoms with Crippen molar-refractivity contribution >= 4 is 5.82 Å². The van der Waals surface area contributed by atoms with Gasteiger partial charge in [0.2, 0.25) is 0 Å². The molecular weight excluding hydrogens is 264 g/mol. The van der Waals surface area contributed by atoms with E-state index in [1.807, 2.05) is 6.07 Å². The summed E-state index contributed by atoms with van der Waals surface area (Å²) < 4.78 is 6.02. The van der Waals surface area contributed by atoms with Crippen molar-refractivity contribution in [3.8, 4) is 0 Å². The first-order valence-electron chi connectivity index (χ1n) is 8.01. The fraction of sp³-hybridized carbons (Fsp3) is 0.688. The molecule has 21 heavy (non-hydrogen) atoms. The minimum absolute atomic E-state index is 0.213. The number of aromatic nitrogens is 1. The van der Waals surface area contributed by atoms with Crippen molar-refractivity contribution in [1.29, 1.82) is 0 Å². The summed E-state index contributed by atoms with van der Waals surface area (Å²) in [6.45, 7) is 9.28. The average Bonchev–Trinajstić information content (AvgIpc) is 2.49. The predicted molar refractivity (Wildman–Crippen MR) is 86.3 cm³/mol. The van der Waals surface area contributed by atoms with E-state index in [2.05, 4.69) is 35.1 Å². The van der Waals surface area contributed by atoms with Crippen molar-refractivity contribution in [2.45, 2.75) is 38.8 Å². The normalized spacial score (nSPS) is 21.3. The van der Waals surface area contributed by atoms with Gasteiger partial charge in [0, 0.05) is 25.3 Å². The molecule has 0 radical (unpaired) electrons. The van der Waals surface area contributed by atoms with Crippen LogP contribution in [-0.4, -0.2) is 54.8 Å². The van der Waals surface area contributed by atoms with Crippen LogP contribution in [0.1, 0.15) is 25.8 Å². The molecule has 2 atom stereocenters. The zero-order chi connectivity index (χ0) is 15.1. The molecule has 2 rings (SSSR count). The molecule has 0 amide bonds. The minimum atomic E-state index is 0.213. The zero-order valence-electron chi connectivity index (χ0n) is 13.2. The number of nitrogens with zero attached hydrogens (tertiary/aromatic N) is 2. The topological polar surface area (TPSA) is 63.4 Å². The smallest absolute Gasteiger partial charge is 0.126 e. The molecule has 5 heteroatoms. The summed E-state index contributed by atoms with van der Waals surface area (Å²) in [4.78, 5) is 6.67. The number of likely N-dealkylation sites (N-methyl/N-ethyl adjacent to an activating group) is 1. The van der Waals surface area contributed by atoms with E-state index in [1.165, 1.54) is 6.42 Å². The van der Waals surface area contributed by atoms with E-state index in [9.17, 15) is 0 Å². The molecule has 2 heterocycles. The molecule has 0 saturated carbocycles. The maximum Gasteiger partial charge on any atom is 0.126 e. The number of nitrogen functional groups attached to an aromatic ring is 1. The third-order valence-corrected chi connectivity index (χ3v) is 4.00. The number of rotatable bonds is 7. The van der Waals surface area contributed by atoms with Crippen LogP contribution in [0, 0.1) is 0 Å². The lowest BCUT2D eigenvalue weighted by molar-refractivity contribution is -0.0459. The number of morpholine rings is 1. The molecule has 1 aliphatic heterocycles. The lowest BCUT2D eigenvalue weighted by Gasteiger charge is -2.37. The molecule has 1 fully saturated rings. The van der Waals surface area contributed by atoms with E-state index in [4.69, 9.17) is 10.5 Å². The molecule has 1 saturated heterocycles. The molecule has 1 aliphatic rings. The summed E-state index contributed by atoms with van der Waals surface area (Å²) in [7, 11) is 0. The minimum Gasteiger partial charge on any atom is -0.383 e. The molecule has 5 nitrogen and oxygen atoms in total. The molecule has 0 spiro atoms. The van der Waals surface area contributed by atoms with Crippen LogP contribution in [0.15, 0.2) is 18.3 Å². The first-order chi connectivity index (χ1) is 10.2. The molecule has 3 N–H and O–H groups in total. The van der Waals surface area contributed by atoms with Gasteiger partial charge in [-0.1, -0.05) is 19.9 Å². The quantitative estimate of drug-likeness (QED) is 0.793. The van der Waals surface area contributed by atoms with Gasteiger partial charge in [-0.2, -0.15) is 0 Å². The summed E-state index contributed by atoms with van der Waals surface area (Å²) in [5, 5.41) is 3.56. The van der Waals surface area contributed by atoms with Crippen LogP contribution in [-0.2, 0) is 11.2 Å². The molecular formula is C16H28N4O. The van der Waals surface area contributed by atoms with Gasteiger partial charge < -0.3 is 15.8 Å². The Kier molecular flexibility index (Phi) is 6.42. The van der Waals surface area contributed by atoms with E-state index >= 15 is 0 Å². The molecule has 1 aromatic rings. The molecule has 0 aliphatic carbocycles. The Morgan fingerprint density at radius 2 is 2.38 bits per heavy atom. The number of nitrogens with two attached hydrogens (primary N) is 1. The van der Waals surface area contributed by atoms with Crippen molar-refractivity contribution in [3.05, 3.63) is 23.9 Å². The Morgan fingerprint density at radius 1 is 1.52 bits per heavy atom. The van der Waals surface area contributed by atoms with Crippen LogP contribution < -0.4 is 11.1 Å². The van der Waals surface area contributed by atoms with E-state index in [0.29, 0.717) is 5.82 Å². The Labute approximate surface area is 127 Å². The van der Waals surface area contributed by atoms with E-state index in [0.717, 1.165) is 44.8 Å². The fourth-order valence-electron chi connectivity index (χ4n) is 2.95. The van der Waals surface area contributed by atoms with Crippen LogP contribution in [0.3, 0.4) is 0 Å². The number of hydrogen-bond donors (Lipinski definition) is 2. The second kappa shape index (κ2) is 8.32. The van der Waals surface area contributed by atoms with E-state index in [1.54, 1.807) is 6.20 Å².